The van der Waals surface area contributed by atoms with E-state index >= 15 is 0 Å². The standard InChI is InChI=1S/C21H17ClN4O/c1-14-12-25(13-16-4-2-3-15(9-16)11-23)21(27)20-10-19(24-26(14)20)17-5-7-18(22)8-6-17/h2-10,14H,12-13H2,1H3/t14-/m0/s1. The van der Waals surface area contributed by atoms with E-state index in [1.165, 1.54) is 0 Å². The number of benzene rings is 2. The molecule has 134 valence electrons. The molecular formula is C21H17ClN4O. The molecule has 1 atom stereocenters. The highest BCUT2D eigenvalue weighted by Gasteiger charge is 2.31. The number of amides is 1. The van der Waals surface area contributed by atoms with Crippen LogP contribution in [0.4, 0.5) is 0 Å². The second kappa shape index (κ2) is 6.90. The third-order valence-corrected chi connectivity index (χ3v) is 4.97. The molecule has 1 aliphatic rings. The van der Waals surface area contributed by atoms with Crippen molar-refractivity contribution in [3.8, 4) is 17.3 Å². The Hall–Kier alpha value is -3.10. The summed E-state index contributed by atoms with van der Waals surface area (Å²) in [6.45, 7) is 3.10. The lowest BCUT2D eigenvalue weighted by Crippen LogP contribution is -2.41. The monoisotopic (exact) mass is 376 g/mol. The highest BCUT2D eigenvalue weighted by Crippen LogP contribution is 2.28. The average Bonchev–Trinajstić information content (AvgIpc) is 3.13. The SMILES string of the molecule is C[C@H]1CN(Cc2cccc(C#N)c2)C(=O)c2cc(-c3ccc(Cl)cc3)nn21. The second-order valence-electron chi connectivity index (χ2n) is 6.71. The smallest absolute Gasteiger partial charge is 0.272 e. The van der Waals surface area contributed by atoms with Crippen LogP contribution in [0, 0.1) is 11.3 Å². The van der Waals surface area contributed by atoms with Gasteiger partial charge in [0.1, 0.15) is 5.69 Å². The van der Waals surface area contributed by atoms with Gasteiger partial charge in [-0.05, 0) is 42.8 Å². The first-order valence-corrected chi connectivity index (χ1v) is 9.07. The zero-order valence-corrected chi connectivity index (χ0v) is 15.5. The minimum Gasteiger partial charge on any atom is -0.331 e. The second-order valence-corrected chi connectivity index (χ2v) is 7.15. The third-order valence-electron chi connectivity index (χ3n) is 4.71. The molecule has 0 N–H and O–H groups in total. The van der Waals surface area contributed by atoms with Gasteiger partial charge in [0.2, 0.25) is 0 Å². The van der Waals surface area contributed by atoms with Crippen LogP contribution in [-0.4, -0.2) is 27.1 Å². The minimum atomic E-state index is -0.0526. The molecule has 1 aromatic heterocycles. The van der Waals surface area contributed by atoms with Crippen LogP contribution in [0.1, 0.15) is 34.6 Å². The predicted octanol–water partition coefficient (Wildman–Crippen LogP) is 4.29. The molecule has 2 heterocycles. The first-order chi connectivity index (χ1) is 13.0. The molecule has 4 rings (SSSR count). The van der Waals surface area contributed by atoms with Gasteiger partial charge in [-0.1, -0.05) is 35.9 Å². The van der Waals surface area contributed by atoms with Crippen molar-refractivity contribution in [1.82, 2.24) is 14.7 Å². The maximum atomic E-state index is 13.0. The van der Waals surface area contributed by atoms with Gasteiger partial charge in [0.15, 0.2) is 0 Å². The number of rotatable bonds is 3. The van der Waals surface area contributed by atoms with Crippen molar-refractivity contribution < 1.29 is 4.79 Å². The van der Waals surface area contributed by atoms with Crippen molar-refractivity contribution in [2.24, 2.45) is 0 Å². The number of nitriles is 1. The molecule has 1 amide bonds. The van der Waals surface area contributed by atoms with Gasteiger partial charge in [0.05, 0.1) is 23.4 Å². The van der Waals surface area contributed by atoms with E-state index in [4.69, 9.17) is 16.9 Å². The van der Waals surface area contributed by atoms with E-state index in [0.29, 0.717) is 29.4 Å². The summed E-state index contributed by atoms with van der Waals surface area (Å²) in [6.07, 6.45) is 0. The fraction of sp³-hybridized carbons (Fsp3) is 0.190. The Balaban J connectivity index is 1.63. The fourth-order valence-corrected chi connectivity index (χ4v) is 3.52. The number of hydrogen-bond acceptors (Lipinski definition) is 3. The van der Waals surface area contributed by atoms with Gasteiger partial charge in [-0.3, -0.25) is 9.48 Å². The number of hydrogen-bond donors (Lipinski definition) is 0. The summed E-state index contributed by atoms with van der Waals surface area (Å²) < 4.78 is 1.80. The van der Waals surface area contributed by atoms with Gasteiger partial charge in [0, 0.05) is 23.7 Å². The molecule has 0 radical (unpaired) electrons. The van der Waals surface area contributed by atoms with Gasteiger partial charge in [-0.2, -0.15) is 10.4 Å². The van der Waals surface area contributed by atoms with E-state index in [9.17, 15) is 4.79 Å². The van der Waals surface area contributed by atoms with E-state index in [1.54, 1.807) is 10.7 Å². The third kappa shape index (κ3) is 3.32. The molecule has 6 heteroatoms. The van der Waals surface area contributed by atoms with Gasteiger partial charge in [-0.15, -0.1) is 0 Å². The van der Waals surface area contributed by atoms with Crippen LogP contribution in [0.25, 0.3) is 11.3 Å². The van der Waals surface area contributed by atoms with Crippen LogP contribution < -0.4 is 0 Å². The topological polar surface area (TPSA) is 61.9 Å². The lowest BCUT2D eigenvalue weighted by atomic mass is 10.1. The normalized spacial score (nSPS) is 16.1. The molecule has 0 unspecified atom stereocenters. The Kier molecular flexibility index (Phi) is 4.43. The average molecular weight is 377 g/mol. The van der Waals surface area contributed by atoms with Crippen LogP contribution in [0.5, 0.6) is 0 Å². The lowest BCUT2D eigenvalue weighted by Gasteiger charge is -2.31. The van der Waals surface area contributed by atoms with Crippen molar-refractivity contribution in [2.75, 3.05) is 6.54 Å². The molecule has 0 aliphatic carbocycles. The van der Waals surface area contributed by atoms with Crippen molar-refractivity contribution in [2.45, 2.75) is 19.5 Å². The predicted molar refractivity (Wildman–Crippen MR) is 103 cm³/mol. The van der Waals surface area contributed by atoms with E-state index in [2.05, 4.69) is 11.2 Å². The summed E-state index contributed by atoms with van der Waals surface area (Å²) in [5.41, 5.74) is 3.81. The molecule has 0 spiro atoms. The zero-order chi connectivity index (χ0) is 19.0. The Morgan fingerprint density at radius 2 is 2.00 bits per heavy atom. The van der Waals surface area contributed by atoms with Gasteiger partial charge < -0.3 is 4.90 Å². The molecule has 2 aromatic carbocycles. The molecule has 27 heavy (non-hydrogen) atoms. The number of carbonyl (C=O) groups is 1. The van der Waals surface area contributed by atoms with Crippen molar-refractivity contribution in [3.05, 3.63) is 76.4 Å². The van der Waals surface area contributed by atoms with Crippen LogP contribution in [0.3, 0.4) is 0 Å². The highest BCUT2D eigenvalue weighted by atomic mass is 35.5. The van der Waals surface area contributed by atoms with Crippen LogP contribution in [-0.2, 0) is 6.54 Å². The van der Waals surface area contributed by atoms with Crippen LogP contribution in [0.2, 0.25) is 5.02 Å². The molecule has 0 saturated heterocycles. The minimum absolute atomic E-state index is 0.0526. The van der Waals surface area contributed by atoms with E-state index in [1.807, 2.05) is 60.4 Å². The Bertz CT molecular complexity index is 1050. The molecule has 5 nitrogen and oxygen atoms in total. The largest absolute Gasteiger partial charge is 0.331 e. The molecule has 0 bridgehead atoms. The lowest BCUT2D eigenvalue weighted by molar-refractivity contribution is 0.0651. The van der Waals surface area contributed by atoms with Crippen molar-refractivity contribution in [3.63, 3.8) is 0 Å². The summed E-state index contributed by atoms with van der Waals surface area (Å²) in [4.78, 5) is 14.8. The summed E-state index contributed by atoms with van der Waals surface area (Å²) in [7, 11) is 0. The Morgan fingerprint density at radius 1 is 1.22 bits per heavy atom. The summed E-state index contributed by atoms with van der Waals surface area (Å²) >= 11 is 5.96. The maximum absolute atomic E-state index is 13.0. The molecule has 1 aliphatic heterocycles. The molecule has 3 aromatic rings. The van der Waals surface area contributed by atoms with E-state index in [0.717, 1.165) is 16.8 Å². The number of aromatic nitrogens is 2. The molecule has 0 fully saturated rings. The van der Waals surface area contributed by atoms with E-state index < -0.39 is 0 Å². The zero-order valence-electron chi connectivity index (χ0n) is 14.8. The summed E-state index contributed by atoms with van der Waals surface area (Å²) in [5, 5.41) is 14.4. The fourth-order valence-electron chi connectivity index (χ4n) is 3.39. The van der Waals surface area contributed by atoms with E-state index in [-0.39, 0.29) is 11.9 Å². The highest BCUT2D eigenvalue weighted by molar-refractivity contribution is 6.30. The van der Waals surface area contributed by atoms with Gasteiger partial charge in [-0.25, -0.2) is 0 Å². The van der Waals surface area contributed by atoms with Gasteiger partial charge in [0.25, 0.3) is 5.91 Å². The quantitative estimate of drug-likeness (QED) is 0.685. The summed E-state index contributed by atoms with van der Waals surface area (Å²) in [5.74, 6) is -0.0526. The first-order valence-electron chi connectivity index (χ1n) is 8.69. The Labute approximate surface area is 162 Å². The Morgan fingerprint density at radius 3 is 2.74 bits per heavy atom. The van der Waals surface area contributed by atoms with Crippen molar-refractivity contribution in [1.29, 1.82) is 5.26 Å². The molecule has 0 saturated carbocycles. The molecular weight excluding hydrogens is 360 g/mol. The number of nitrogens with zero attached hydrogens (tertiary/aromatic N) is 4. The first kappa shape index (κ1) is 17.3. The summed E-state index contributed by atoms with van der Waals surface area (Å²) in [6, 6.07) is 18.8. The van der Waals surface area contributed by atoms with Crippen LogP contribution >= 0.6 is 11.6 Å². The van der Waals surface area contributed by atoms with Gasteiger partial charge >= 0.3 is 0 Å². The number of carbonyl (C=O) groups excluding carboxylic acids is 1. The number of fused-ring (bicyclic) bond motifs is 1. The van der Waals surface area contributed by atoms with Crippen LogP contribution in [0.15, 0.2) is 54.6 Å². The maximum Gasteiger partial charge on any atom is 0.272 e. The number of halogens is 1. The van der Waals surface area contributed by atoms with Crippen molar-refractivity contribution >= 4 is 17.5 Å².